The standard InChI is InChI=1S/C14H21NO4S2/c1-9-7-10(2)13(8-12(9)14(16)17)21(18,19)15-6-5-11(3)20-4/h7-8,11,15H,5-6H2,1-4H3,(H,16,17). The van der Waals surface area contributed by atoms with Crippen LogP contribution in [0, 0.1) is 13.8 Å². The Morgan fingerprint density at radius 1 is 1.33 bits per heavy atom. The van der Waals surface area contributed by atoms with Gasteiger partial charge in [-0.1, -0.05) is 13.0 Å². The first kappa shape index (κ1) is 18.0. The Labute approximate surface area is 130 Å². The third-order valence-corrected chi connectivity index (χ3v) is 5.93. The quantitative estimate of drug-likeness (QED) is 0.802. The monoisotopic (exact) mass is 331 g/mol. The molecule has 0 aliphatic rings. The van der Waals surface area contributed by atoms with Gasteiger partial charge in [0.2, 0.25) is 10.0 Å². The van der Waals surface area contributed by atoms with E-state index in [1.165, 1.54) is 6.07 Å². The number of hydrogen-bond acceptors (Lipinski definition) is 4. The van der Waals surface area contributed by atoms with Crippen molar-refractivity contribution in [2.45, 2.75) is 37.3 Å². The minimum atomic E-state index is -3.69. The van der Waals surface area contributed by atoms with Gasteiger partial charge < -0.3 is 5.11 Å². The molecule has 1 atom stereocenters. The number of hydrogen-bond donors (Lipinski definition) is 2. The van der Waals surface area contributed by atoms with Crippen LogP contribution in [-0.2, 0) is 10.0 Å². The second-order valence-corrected chi connectivity index (χ2v) is 7.98. The highest BCUT2D eigenvalue weighted by molar-refractivity contribution is 7.99. The molecule has 21 heavy (non-hydrogen) atoms. The first-order valence-electron chi connectivity index (χ1n) is 6.56. The van der Waals surface area contributed by atoms with Crippen LogP contribution in [0.4, 0.5) is 0 Å². The molecule has 7 heteroatoms. The number of carboxylic acid groups (broad SMARTS) is 1. The molecule has 0 amide bonds. The maximum atomic E-state index is 12.3. The lowest BCUT2D eigenvalue weighted by Gasteiger charge is -2.13. The summed E-state index contributed by atoms with van der Waals surface area (Å²) < 4.78 is 27.1. The van der Waals surface area contributed by atoms with E-state index in [1.807, 2.05) is 13.2 Å². The third kappa shape index (κ3) is 4.72. The number of sulfonamides is 1. The lowest BCUT2D eigenvalue weighted by molar-refractivity contribution is 0.0696. The molecule has 118 valence electrons. The molecule has 0 spiro atoms. The molecule has 0 radical (unpaired) electrons. The zero-order valence-corrected chi connectivity index (χ0v) is 14.3. The minimum Gasteiger partial charge on any atom is -0.478 e. The van der Waals surface area contributed by atoms with E-state index < -0.39 is 16.0 Å². The van der Waals surface area contributed by atoms with Crippen molar-refractivity contribution < 1.29 is 18.3 Å². The Bertz CT molecular complexity index is 626. The van der Waals surface area contributed by atoms with Crippen molar-refractivity contribution in [3.63, 3.8) is 0 Å². The number of carboxylic acids is 1. The average molecular weight is 331 g/mol. The fourth-order valence-corrected chi connectivity index (χ4v) is 3.60. The number of rotatable bonds is 7. The summed E-state index contributed by atoms with van der Waals surface area (Å²) in [6, 6.07) is 2.82. The maximum absolute atomic E-state index is 12.3. The number of nitrogens with one attached hydrogen (secondary N) is 1. The summed E-state index contributed by atoms with van der Waals surface area (Å²) in [6.07, 6.45) is 2.69. The largest absolute Gasteiger partial charge is 0.478 e. The molecule has 1 aromatic carbocycles. The van der Waals surface area contributed by atoms with E-state index in [0.29, 0.717) is 22.9 Å². The number of carbonyl (C=O) groups is 1. The van der Waals surface area contributed by atoms with Crippen molar-refractivity contribution in [1.29, 1.82) is 0 Å². The van der Waals surface area contributed by atoms with E-state index in [2.05, 4.69) is 4.72 Å². The molecular formula is C14H21NO4S2. The normalized spacial score (nSPS) is 13.1. The predicted molar refractivity (Wildman–Crippen MR) is 85.7 cm³/mol. The van der Waals surface area contributed by atoms with Gasteiger partial charge in [-0.2, -0.15) is 11.8 Å². The number of thioether (sulfide) groups is 1. The molecule has 0 bridgehead atoms. The number of aryl methyl sites for hydroxylation is 2. The molecule has 0 fully saturated rings. The molecule has 0 heterocycles. The van der Waals surface area contributed by atoms with Crippen LogP contribution in [0.25, 0.3) is 0 Å². The van der Waals surface area contributed by atoms with Crippen molar-refractivity contribution in [2.75, 3.05) is 12.8 Å². The summed E-state index contributed by atoms with van der Waals surface area (Å²) in [5.41, 5.74) is 1.11. The molecule has 0 saturated heterocycles. The summed E-state index contributed by atoms with van der Waals surface area (Å²) in [7, 11) is -3.69. The van der Waals surface area contributed by atoms with Gasteiger partial charge >= 0.3 is 5.97 Å². The molecule has 0 saturated carbocycles. The van der Waals surface area contributed by atoms with Gasteiger partial charge in [0, 0.05) is 11.8 Å². The molecule has 1 aromatic rings. The Morgan fingerprint density at radius 2 is 1.95 bits per heavy atom. The lowest BCUT2D eigenvalue weighted by atomic mass is 10.1. The summed E-state index contributed by atoms with van der Waals surface area (Å²) in [6.45, 7) is 5.68. The van der Waals surface area contributed by atoms with Gasteiger partial charge in [0.05, 0.1) is 10.5 Å². The van der Waals surface area contributed by atoms with Crippen molar-refractivity contribution in [1.82, 2.24) is 4.72 Å². The third-order valence-electron chi connectivity index (χ3n) is 3.29. The first-order valence-corrected chi connectivity index (χ1v) is 9.33. The van der Waals surface area contributed by atoms with E-state index in [0.717, 1.165) is 6.42 Å². The minimum absolute atomic E-state index is 0.0125. The van der Waals surface area contributed by atoms with E-state index in [9.17, 15) is 13.2 Å². The second kappa shape index (κ2) is 7.29. The maximum Gasteiger partial charge on any atom is 0.335 e. The molecule has 1 rings (SSSR count). The highest BCUT2D eigenvalue weighted by atomic mass is 32.2. The molecule has 5 nitrogen and oxygen atoms in total. The van der Waals surface area contributed by atoms with E-state index in [-0.39, 0.29) is 10.5 Å². The smallest absolute Gasteiger partial charge is 0.335 e. The van der Waals surface area contributed by atoms with E-state index >= 15 is 0 Å². The molecule has 1 unspecified atom stereocenters. The van der Waals surface area contributed by atoms with Gasteiger partial charge in [0.15, 0.2) is 0 Å². The van der Waals surface area contributed by atoms with E-state index in [4.69, 9.17) is 5.11 Å². The van der Waals surface area contributed by atoms with Gasteiger partial charge in [-0.05, 0) is 43.7 Å². The Hall–Kier alpha value is -1.05. The van der Waals surface area contributed by atoms with Crippen LogP contribution in [0.15, 0.2) is 17.0 Å². The van der Waals surface area contributed by atoms with Gasteiger partial charge in [-0.25, -0.2) is 17.9 Å². The van der Waals surface area contributed by atoms with Crippen molar-refractivity contribution >= 4 is 27.8 Å². The van der Waals surface area contributed by atoms with Crippen molar-refractivity contribution in [3.8, 4) is 0 Å². The topological polar surface area (TPSA) is 83.5 Å². The van der Waals surface area contributed by atoms with Gasteiger partial charge in [-0.3, -0.25) is 0 Å². The number of aromatic carboxylic acids is 1. The van der Waals surface area contributed by atoms with Crippen LogP contribution in [-0.4, -0.2) is 37.5 Å². The van der Waals surface area contributed by atoms with Gasteiger partial charge in [-0.15, -0.1) is 0 Å². The molecule has 2 N–H and O–H groups in total. The first-order chi connectivity index (χ1) is 9.69. The van der Waals surface area contributed by atoms with Crippen LogP contribution in [0.2, 0.25) is 0 Å². The zero-order chi connectivity index (χ0) is 16.2. The summed E-state index contributed by atoms with van der Waals surface area (Å²) >= 11 is 1.67. The Kier molecular flexibility index (Phi) is 6.24. The Balaban J connectivity index is 3.03. The zero-order valence-electron chi connectivity index (χ0n) is 12.6. The highest BCUT2D eigenvalue weighted by Crippen LogP contribution is 2.21. The fourth-order valence-electron chi connectivity index (χ4n) is 1.94. The van der Waals surface area contributed by atoms with Crippen LogP contribution < -0.4 is 4.72 Å². The Morgan fingerprint density at radius 3 is 2.48 bits per heavy atom. The summed E-state index contributed by atoms with van der Waals surface area (Å²) in [5.74, 6) is -1.13. The molecule has 0 aliphatic heterocycles. The second-order valence-electron chi connectivity index (χ2n) is 4.97. The molecular weight excluding hydrogens is 310 g/mol. The fraction of sp³-hybridized carbons (Fsp3) is 0.500. The van der Waals surface area contributed by atoms with Crippen LogP contribution in [0.1, 0.15) is 34.8 Å². The van der Waals surface area contributed by atoms with Crippen LogP contribution in [0.3, 0.4) is 0 Å². The predicted octanol–water partition coefficient (Wildman–Crippen LogP) is 2.42. The summed E-state index contributed by atoms with van der Waals surface area (Å²) in [5, 5.41) is 9.47. The SMILES string of the molecule is CSC(C)CCNS(=O)(=O)c1cc(C(=O)O)c(C)cc1C. The van der Waals surface area contributed by atoms with E-state index in [1.54, 1.807) is 31.7 Å². The van der Waals surface area contributed by atoms with Gasteiger partial charge in [0.25, 0.3) is 0 Å². The molecule has 0 aromatic heterocycles. The van der Waals surface area contributed by atoms with Gasteiger partial charge in [0.1, 0.15) is 0 Å². The van der Waals surface area contributed by atoms with Crippen LogP contribution >= 0.6 is 11.8 Å². The van der Waals surface area contributed by atoms with Crippen molar-refractivity contribution in [2.24, 2.45) is 0 Å². The average Bonchev–Trinajstić information content (AvgIpc) is 2.37. The highest BCUT2D eigenvalue weighted by Gasteiger charge is 2.20. The number of benzene rings is 1. The summed E-state index contributed by atoms with van der Waals surface area (Å²) in [4.78, 5) is 11.2. The van der Waals surface area contributed by atoms with Crippen molar-refractivity contribution in [3.05, 3.63) is 28.8 Å². The van der Waals surface area contributed by atoms with Crippen LogP contribution in [0.5, 0.6) is 0 Å². The lowest BCUT2D eigenvalue weighted by Crippen LogP contribution is -2.27. The molecule has 0 aliphatic carbocycles.